The number of aliphatic hydroxyl groups is 3. The summed E-state index contributed by atoms with van der Waals surface area (Å²) in [6, 6.07) is 4.79. The maximum absolute atomic E-state index is 15.6. The van der Waals surface area contributed by atoms with Crippen molar-refractivity contribution in [2.75, 3.05) is 6.61 Å². The quantitative estimate of drug-likeness (QED) is 0.384. The summed E-state index contributed by atoms with van der Waals surface area (Å²) in [5, 5.41) is 52.0. The predicted molar refractivity (Wildman–Crippen MR) is 108 cm³/mol. The lowest BCUT2D eigenvalue weighted by molar-refractivity contribution is -0.282. The number of nitrogens with one attached hydrogen (secondary N) is 1. The summed E-state index contributed by atoms with van der Waals surface area (Å²) < 4.78 is 36.9. The fraction of sp³-hybridized carbons (Fsp3) is 0.476. The number of alkyl halides is 2. The number of rotatable bonds is 7. The smallest absolute Gasteiger partial charge is 0.372 e. The standard InChI is InChI=1S/C21H23F2N3O7/c1-2-14(29)25-15-16(26-8-10-5-3-4-6-11(10)12(26)7-24)19(22)21(23,20(31)32)33-18(15)17(30)13(28)9-27/h3-6,8,13,15-19,27-28,30H,2,9H2,1H3,(H,25,29)(H,31,32)/t13-,15-,16-,17-,18-,19?,21?/m1/s1. The van der Waals surface area contributed by atoms with Gasteiger partial charge in [-0.15, -0.1) is 0 Å². The highest BCUT2D eigenvalue weighted by molar-refractivity contribution is 5.88. The fourth-order valence-corrected chi connectivity index (χ4v) is 4.01. The molecule has 0 aliphatic carbocycles. The van der Waals surface area contributed by atoms with E-state index in [-0.39, 0.29) is 12.1 Å². The molecule has 0 bridgehead atoms. The van der Waals surface area contributed by atoms with Crippen molar-refractivity contribution in [2.45, 2.75) is 55.8 Å². The van der Waals surface area contributed by atoms with Gasteiger partial charge in [0.1, 0.15) is 30.1 Å². The lowest BCUT2D eigenvalue weighted by Crippen LogP contribution is -2.69. The van der Waals surface area contributed by atoms with Gasteiger partial charge in [-0.1, -0.05) is 31.2 Å². The molecular weight excluding hydrogens is 444 g/mol. The summed E-state index contributed by atoms with van der Waals surface area (Å²) in [5.74, 6) is -7.01. The summed E-state index contributed by atoms with van der Waals surface area (Å²) in [6.45, 7) is 0.457. The lowest BCUT2D eigenvalue weighted by Gasteiger charge is -2.47. The van der Waals surface area contributed by atoms with Gasteiger partial charge in [-0.2, -0.15) is 9.65 Å². The first-order chi connectivity index (χ1) is 15.6. The van der Waals surface area contributed by atoms with E-state index in [1.54, 1.807) is 24.3 Å². The van der Waals surface area contributed by atoms with Crippen LogP contribution in [0.5, 0.6) is 0 Å². The number of amides is 1. The molecule has 0 radical (unpaired) electrons. The number of carbonyl (C=O) groups is 2. The van der Waals surface area contributed by atoms with E-state index < -0.39 is 60.9 Å². The molecule has 1 aromatic heterocycles. The van der Waals surface area contributed by atoms with Gasteiger partial charge >= 0.3 is 11.8 Å². The second kappa shape index (κ2) is 9.40. The van der Waals surface area contributed by atoms with Crippen LogP contribution in [0.25, 0.3) is 10.8 Å². The molecule has 5 N–H and O–H groups in total. The van der Waals surface area contributed by atoms with Gasteiger partial charge in [-0.3, -0.25) is 4.79 Å². The average Bonchev–Trinajstić information content (AvgIpc) is 3.18. The zero-order valence-corrected chi connectivity index (χ0v) is 17.4. The number of nitrogens with zero attached hydrogens (tertiary/aromatic N) is 2. The van der Waals surface area contributed by atoms with Crippen LogP contribution in [0.4, 0.5) is 8.78 Å². The van der Waals surface area contributed by atoms with Crippen LogP contribution in [0, 0.1) is 11.3 Å². The van der Waals surface area contributed by atoms with E-state index in [1.807, 2.05) is 6.07 Å². The van der Waals surface area contributed by atoms with Crippen molar-refractivity contribution >= 4 is 22.6 Å². The Morgan fingerprint density at radius 3 is 2.61 bits per heavy atom. The van der Waals surface area contributed by atoms with Crippen LogP contribution >= 0.6 is 0 Å². The molecule has 0 spiro atoms. The number of aromatic nitrogens is 1. The highest BCUT2D eigenvalue weighted by Gasteiger charge is 2.63. The number of aliphatic carboxylic acids is 1. The Balaban J connectivity index is 2.27. The third-order valence-corrected chi connectivity index (χ3v) is 5.72. The summed E-state index contributed by atoms with van der Waals surface area (Å²) in [4.78, 5) is 23.9. The van der Waals surface area contributed by atoms with Crippen molar-refractivity contribution in [3.05, 3.63) is 36.2 Å². The Morgan fingerprint density at radius 1 is 1.36 bits per heavy atom. The number of carbonyl (C=O) groups excluding carboxylic acids is 1. The molecule has 0 saturated carbocycles. The molecule has 10 nitrogen and oxygen atoms in total. The number of halogens is 2. The number of carboxylic acid groups (broad SMARTS) is 1. The summed E-state index contributed by atoms with van der Waals surface area (Å²) >= 11 is 0. The average molecular weight is 467 g/mol. The van der Waals surface area contributed by atoms with Crippen LogP contribution in [0.2, 0.25) is 0 Å². The third kappa shape index (κ3) is 4.16. The van der Waals surface area contributed by atoms with Crippen LogP contribution < -0.4 is 5.32 Å². The predicted octanol–water partition coefficient (Wildman–Crippen LogP) is 0.150. The molecule has 1 aliphatic heterocycles. The number of carboxylic acids is 1. The molecule has 7 atom stereocenters. The largest absolute Gasteiger partial charge is 0.477 e. The van der Waals surface area contributed by atoms with E-state index in [4.69, 9.17) is 4.74 Å². The zero-order chi connectivity index (χ0) is 24.5. The Morgan fingerprint density at radius 2 is 2.03 bits per heavy atom. The van der Waals surface area contributed by atoms with Gasteiger partial charge in [0, 0.05) is 23.4 Å². The minimum Gasteiger partial charge on any atom is -0.477 e. The number of ether oxygens (including phenoxy) is 1. The molecule has 1 fully saturated rings. The van der Waals surface area contributed by atoms with Crippen LogP contribution in [0.1, 0.15) is 25.1 Å². The number of hydrogen-bond donors (Lipinski definition) is 5. The maximum atomic E-state index is 15.6. The molecule has 1 saturated heterocycles. The molecule has 33 heavy (non-hydrogen) atoms. The van der Waals surface area contributed by atoms with Crippen LogP contribution in [0.3, 0.4) is 0 Å². The number of nitriles is 1. The van der Waals surface area contributed by atoms with E-state index >= 15 is 8.78 Å². The first-order valence-corrected chi connectivity index (χ1v) is 10.1. The van der Waals surface area contributed by atoms with Crippen LogP contribution in [-0.4, -0.2) is 79.9 Å². The highest BCUT2D eigenvalue weighted by Crippen LogP contribution is 2.43. The Bertz CT molecular complexity index is 1090. The minimum absolute atomic E-state index is 0.107. The molecule has 3 rings (SSSR count). The van der Waals surface area contributed by atoms with Crippen molar-refractivity contribution in [3.63, 3.8) is 0 Å². The second-order valence-corrected chi connectivity index (χ2v) is 7.70. The van der Waals surface area contributed by atoms with Gasteiger partial charge < -0.3 is 35.0 Å². The Kier molecular flexibility index (Phi) is 6.99. The SMILES string of the molecule is CCC(=O)N[C@H]1[C@H]([C@H](O)[C@H](O)CO)OC(F)(C(=O)O)C(F)[C@@H]1n1cc2ccccc2c1C#N. The molecule has 2 aromatic rings. The first kappa shape index (κ1) is 24.5. The van der Waals surface area contributed by atoms with Gasteiger partial charge in [0.05, 0.1) is 18.7 Å². The van der Waals surface area contributed by atoms with Gasteiger partial charge in [-0.05, 0) is 0 Å². The topological polar surface area (TPSA) is 165 Å². The first-order valence-electron chi connectivity index (χ1n) is 10.1. The Hall–Kier alpha value is -3.11. The normalized spacial score (nSPS) is 29.2. The summed E-state index contributed by atoms with van der Waals surface area (Å²) in [5.41, 5.74) is -0.139. The van der Waals surface area contributed by atoms with Crippen LogP contribution in [-0.2, 0) is 14.3 Å². The molecule has 178 valence electrons. The second-order valence-electron chi connectivity index (χ2n) is 7.70. The van der Waals surface area contributed by atoms with Crippen molar-refractivity contribution in [1.29, 1.82) is 5.26 Å². The van der Waals surface area contributed by atoms with E-state index in [0.717, 1.165) is 4.57 Å². The molecule has 12 heteroatoms. The number of hydrogen-bond acceptors (Lipinski definition) is 7. The van der Waals surface area contributed by atoms with Crippen molar-refractivity contribution < 1.29 is 43.5 Å². The highest BCUT2D eigenvalue weighted by atomic mass is 19.2. The number of fused-ring (bicyclic) bond motifs is 1. The zero-order valence-electron chi connectivity index (χ0n) is 17.4. The monoisotopic (exact) mass is 467 g/mol. The van der Waals surface area contributed by atoms with Crippen LogP contribution in [0.15, 0.2) is 30.5 Å². The molecule has 1 aliphatic rings. The van der Waals surface area contributed by atoms with Gasteiger partial charge in [0.15, 0.2) is 6.17 Å². The molecular formula is C21H23F2N3O7. The van der Waals surface area contributed by atoms with Crippen molar-refractivity contribution in [2.24, 2.45) is 0 Å². The summed E-state index contributed by atoms with van der Waals surface area (Å²) in [7, 11) is 0. The molecule has 2 unspecified atom stereocenters. The van der Waals surface area contributed by atoms with E-state index in [1.165, 1.54) is 13.1 Å². The fourth-order valence-electron chi connectivity index (χ4n) is 4.01. The Labute approximate surface area is 186 Å². The van der Waals surface area contributed by atoms with Gasteiger partial charge in [0.2, 0.25) is 5.91 Å². The number of benzene rings is 1. The minimum atomic E-state index is -4.00. The van der Waals surface area contributed by atoms with Crippen molar-refractivity contribution in [1.82, 2.24) is 9.88 Å². The van der Waals surface area contributed by atoms with E-state index in [0.29, 0.717) is 10.8 Å². The van der Waals surface area contributed by atoms with E-state index in [2.05, 4.69) is 5.32 Å². The maximum Gasteiger partial charge on any atom is 0.372 e. The lowest BCUT2D eigenvalue weighted by atomic mass is 9.85. The molecule has 1 aromatic carbocycles. The van der Waals surface area contributed by atoms with Crippen molar-refractivity contribution in [3.8, 4) is 6.07 Å². The number of aliphatic hydroxyl groups excluding tert-OH is 3. The van der Waals surface area contributed by atoms with E-state index in [9.17, 15) is 35.3 Å². The molecule has 1 amide bonds. The third-order valence-electron chi connectivity index (χ3n) is 5.72. The molecule has 2 heterocycles. The van der Waals surface area contributed by atoms with Gasteiger partial charge in [0.25, 0.3) is 0 Å². The van der Waals surface area contributed by atoms with Gasteiger partial charge in [-0.25, -0.2) is 9.18 Å². The summed E-state index contributed by atoms with van der Waals surface area (Å²) in [6.07, 6.45) is -7.79.